The maximum Gasteiger partial charge on any atom is 0.310 e. The number of allylic oxidation sites excluding steroid dienone is 2. The Morgan fingerprint density at radius 1 is 0.852 bits per heavy atom. The monoisotopic (exact) mass is 378 g/mol. The van der Waals surface area contributed by atoms with Crippen LogP contribution in [0.2, 0.25) is 0 Å². The van der Waals surface area contributed by atoms with Gasteiger partial charge in [-0.3, -0.25) is 9.59 Å². The highest BCUT2D eigenvalue weighted by atomic mass is 16.5. The van der Waals surface area contributed by atoms with Crippen LogP contribution in [-0.4, -0.2) is 25.2 Å². The summed E-state index contributed by atoms with van der Waals surface area (Å²) >= 11 is 0. The molecule has 0 aromatic rings. The van der Waals surface area contributed by atoms with E-state index in [4.69, 9.17) is 9.47 Å². The standard InChI is InChI=1S/C23H38O4/c1-7-9-13-26-20(24)18-19(21(25)27-14-10-8-2)23(17(5)6)12-11-22(18,15-23)16(3)4/h11-12,16-19H,7-10,13-15H2,1-6H3. The first kappa shape index (κ1) is 22.0. The summed E-state index contributed by atoms with van der Waals surface area (Å²) in [5, 5.41) is 0. The number of hydrogen-bond acceptors (Lipinski definition) is 4. The fourth-order valence-electron chi connectivity index (χ4n) is 5.04. The number of ether oxygens (including phenoxy) is 2. The maximum atomic E-state index is 13.2. The molecule has 4 atom stereocenters. The first-order valence-corrected chi connectivity index (χ1v) is 10.8. The fraction of sp³-hybridized carbons (Fsp3) is 0.826. The van der Waals surface area contributed by atoms with Crippen LogP contribution in [0.4, 0.5) is 0 Å². The molecule has 0 N–H and O–H groups in total. The lowest BCUT2D eigenvalue weighted by molar-refractivity contribution is -0.166. The van der Waals surface area contributed by atoms with Crippen molar-refractivity contribution in [2.24, 2.45) is 34.5 Å². The summed E-state index contributed by atoms with van der Waals surface area (Å²) < 4.78 is 11.3. The summed E-state index contributed by atoms with van der Waals surface area (Å²) in [5.74, 6) is -0.826. The number of unbranched alkanes of at least 4 members (excludes halogenated alkanes) is 2. The van der Waals surface area contributed by atoms with Crippen molar-refractivity contribution in [3.05, 3.63) is 12.2 Å². The number of carbonyl (C=O) groups is 2. The van der Waals surface area contributed by atoms with Crippen LogP contribution in [0.1, 0.15) is 73.6 Å². The molecule has 2 aliphatic rings. The van der Waals surface area contributed by atoms with E-state index in [2.05, 4.69) is 53.7 Å². The largest absolute Gasteiger partial charge is 0.465 e. The molecule has 4 unspecified atom stereocenters. The second-order valence-corrected chi connectivity index (χ2v) is 9.04. The molecule has 2 bridgehead atoms. The van der Waals surface area contributed by atoms with Crippen LogP contribution < -0.4 is 0 Å². The second kappa shape index (κ2) is 8.79. The van der Waals surface area contributed by atoms with Gasteiger partial charge in [0.05, 0.1) is 25.0 Å². The normalized spacial score (nSPS) is 31.7. The molecule has 0 aromatic heterocycles. The van der Waals surface area contributed by atoms with Crippen LogP contribution in [-0.2, 0) is 19.1 Å². The van der Waals surface area contributed by atoms with Gasteiger partial charge in [-0.2, -0.15) is 0 Å². The third-order valence-electron chi connectivity index (χ3n) is 6.95. The molecule has 4 nitrogen and oxygen atoms in total. The lowest BCUT2D eigenvalue weighted by Gasteiger charge is -2.39. The van der Waals surface area contributed by atoms with E-state index in [1.54, 1.807) is 0 Å². The van der Waals surface area contributed by atoms with Crippen LogP contribution in [0.25, 0.3) is 0 Å². The minimum Gasteiger partial charge on any atom is -0.465 e. The highest BCUT2D eigenvalue weighted by Crippen LogP contribution is 2.68. The Kier molecular flexibility index (Phi) is 7.15. The van der Waals surface area contributed by atoms with E-state index in [0.29, 0.717) is 13.2 Å². The van der Waals surface area contributed by atoms with Gasteiger partial charge < -0.3 is 9.47 Å². The molecule has 27 heavy (non-hydrogen) atoms. The molecule has 154 valence electrons. The predicted octanol–water partition coefficient (Wildman–Crippen LogP) is 5.16. The molecule has 0 aliphatic heterocycles. The molecule has 2 rings (SSSR count). The van der Waals surface area contributed by atoms with Crippen LogP contribution in [0, 0.1) is 34.5 Å². The molecule has 0 aromatic carbocycles. The zero-order valence-corrected chi connectivity index (χ0v) is 18.0. The van der Waals surface area contributed by atoms with Gasteiger partial charge in [0.1, 0.15) is 0 Å². The Morgan fingerprint density at radius 3 is 1.52 bits per heavy atom. The molecule has 2 aliphatic carbocycles. The van der Waals surface area contributed by atoms with Crippen molar-refractivity contribution in [3.8, 4) is 0 Å². The lowest BCUT2D eigenvalue weighted by atomic mass is 9.64. The zero-order valence-electron chi connectivity index (χ0n) is 18.0. The van der Waals surface area contributed by atoms with Gasteiger partial charge in [-0.25, -0.2) is 0 Å². The van der Waals surface area contributed by atoms with E-state index in [1.165, 1.54) is 0 Å². The van der Waals surface area contributed by atoms with E-state index in [0.717, 1.165) is 32.1 Å². The molecule has 0 spiro atoms. The number of rotatable bonds is 10. The average molecular weight is 379 g/mol. The van der Waals surface area contributed by atoms with E-state index in [9.17, 15) is 9.59 Å². The third kappa shape index (κ3) is 3.82. The van der Waals surface area contributed by atoms with Gasteiger partial charge in [-0.1, -0.05) is 66.5 Å². The van der Waals surface area contributed by atoms with Crippen LogP contribution in [0.15, 0.2) is 12.2 Å². The van der Waals surface area contributed by atoms with Gasteiger partial charge in [-0.15, -0.1) is 0 Å². The van der Waals surface area contributed by atoms with Crippen molar-refractivity contribution in [2.75, 3.05) is 13.2 Å². The van der Waals surface area contributed by atoms with E-state index >= 15 is 0 Å². The van der Waals surface area contributed by atoms with Gasteiger partial charge in [0, 0.05) is 10.8 Å². The number of esters is 2. The number of fused-ring (bicyclic) bond motifs is 2. The summed E-state index contributed by atoms with van der Waals surface area (Å²) in [4.78, 5) is 26.3. The first-order valence-electron chi connectivity index (χ1n) is 10.8. The van der Waals surface area contributed by atoms with E-state index in [1.807, 2.05) is 0 Å². The topological polar surface area (TPSA) is 52.6 Å². The predicted molar refractivity (Wildman–Crippen MR) is 107 cm³/mol. The van der Waals surface area contributed by atoms with Crippen LogP contribution in [0.3, 0.4) is 0 Å². The summed E-state index contributed by atoms with van der Waals surface area (Å²) in [6.07, 6.45) is 8.90. The van der Waals surface area contributed by atoms with Crippen molar-refractivity contribution in [1.29, 1.82) is 0 Å². The molecular weight excluding hydrogens is 340 g/mol. The average Bonchev–Trinajstić information content (AvgIpc) is 3.16. The maximum absolute atomic E-state index is 13.2. The molecule has 0 heterocycles. The summed E-state index contributed by atoms with van der Waals surface area (Å²) in [5.41, 5.74) is -0.635. The van der Waals surface area contributed by atoms with Gasteiger partial charge in [0.15, 0.2) is 0 Å². The smallest absolute Gasteiger partial charge is 0.310 e. The molecule has 4 heteroatoms. The third-order valence-corrected chi connectivity index (χ3v) is 6.95. The molecule has 1 saturated carbocycles. The summed E-state index contributed by atoms with van der Waals surface area (Å²) in [6, 6.07) is 0. The van der Waals surface area contributed by atoms with E-state index < -0.39 is 11.8 Å². The van der Waals surface area contributed by atoms with E-state index in [-0.39, 0.29) is 34.6 Å². The summed E-state index contributed by atoms with van der Waals surface area (Å²) in [7, 11) is 0. The Labute approximate surface area is 165 Å². The Morgan fingerprint density at radius 2 is 1.22 bits per heavy atom. The van der Waals surface area contributed by atoms with Gasteiger partial charge in [-0.05, 0) is 31.1 Å². The molecular formula is C23H38O4. The van der Waals surface area contributed by atoms with Crippen LogP contribution in [0.5, 0.6) is 0 Å². The van der Waals surface area contributed by atoms with Crippen molar-refractivity contribution in [2.45, 2.75) is 73.6 Å². The Balaban J connectivity index is 2.38. The number of carbonyl (C=O) groups excluding carboxylic acids is 2. The van der Waals surface area contributed by atoms with Gasteiger partial charge >= 0.3 is 11.9 Å². The Hall–Kier alpha value is -1.32. The molecule has 1 fully saturated rings. The minimum atomic E-state index is -0.448. The van der Waals surface area contributed by atoms with Gasteiger partial charge in [0.25, 0.3) is 0 Å². The SMILES string of the molecule is CCCCOC(=O)C1C(C(=O)OCCCC)C2(C(C)C)C=CC1(C(C)C)C2. The second-order valence-electron chi connectivity index (χ2n) is 9.04. The van der Waals surface area contributed by atoms with Crippen molar-refractivity contribution >= 4 is 11.9 Å². The summed E-state index contributed by atoms with van der Waals surface area (Å²) in [6.45, 7) is 13.6. The van der Waals surface area contributed by atoms with Crippen molar-refractivity contribution < 1.29 is 19.1 Å². The highest BCUT2D eigenvalue weighted by Gasteiger charge is 2.69. The quantitative estimate of drug-likeness (QED) is 0.299. The lowest BCUT2D eigenvalue weighted by Crippen LogP contribution is -2.45. The van der Waals surface area contributed by atoms with Crippen molar-refractivity contribution in [1.82, 2.24) is 0 Å². The zero-order chi connectivity index (χ0) is 20.2. The van der Waals surface area contributed by atoms with Crippen LogP contribution >= 0.6 is 0 Å². The van der Waals surface area contributed by atoms with Crippen molar-refractivity contribution in [3.63, 3.8) is 0 Å². The first-order chi connectivity index (χ1) is 12.8. The molecule has 0 amide bonds. The highest BCUT2D eigenvalue weighted by molar-refractivity contribution is 5.86. The number of hydrogen-bond donors (Lipinski definition) is 0. The Bertz CT molecular complexity index is 517. The fourth-order valence-corrected chi connectivity index (χ4v) is 5.04. The molecule has 0 radical (unpaired) electrons. The minimum absolute atomic E-state index is 0.221. The van der Waals surface area contributed by atoms with Gasteiger partial charge in [0.2, 0.25) is 0 Å². The molecule has 0 saturated heterocycles.